The zero-order valence-corrected chi connectivity index (χ0v) is 15.1. The van der Waals surface area contributed by atoms with E-state index < -0.39 is 0 Å². The Kier molecular flexibility index (Phi) is 4.37. The molecule has 1 unspecified atom stereocenters. The van der Waals surface area contributed by atoms with Crippen LogP contribution >= 0.6 is 11.8 Å². The van der Waals surface area contributed by atoms with Crippen molar-refractivity contribution in [3.05, 3.63) is 35.9 Å². The standard InChI is InChI=1S/C19H24FN3S/c1-12(2)16-10-17(16)19-21-18(13-5-3-6-14(20)9-13)22-23(19)15-7-4-8-24-11-15/h3,5-6,9,12,15-17H,4,7-8,10-11H2,1-2H3/t15?,16-,17+/m0/s1. The highest BCUT2D eigenvalue weighted by Gasteiger charge is 2.44. The summed E-state index contributed by atoms with van der Waals surface area (Å²) in [6.07, 6.45) is 3.62. The SMILES string of the molecule is CC(C)[C@@H]1C[C@H]1c1nc(-c2cccc(F)c2)nn1C1CCCSC1. The molecule has 3 atom stereocenters. The smallest absolute Gasteiger partial charge is 0.181 e. The van der Waals surface area contributed by atoms with E-state index in [0.717, 1.165) is 17.1 Å². The Labute approximate surface area is 147 Å². The first kappa shape index (κ1) is 16.1. The van der Waals surface area contributed by atoms with E-state index >= 15 is 0 Å². The summed E-state index contributed by atoms with van der Waals surface area (Å²) in [5.74, 6) is 5.84. The Bertz CT molecular complexity index is 721. The molecule has 24 heavy (non-hydrogen) atoms. The number of nitrogens with zero attached hydrogens (tertiary/aromatic N) is 3. The maximum Gasteiger partial charge on any atom is 0.181 e. The van der Waals surface area contributed by atoms with E-state index in [1.54, 1.807) is 6.07 Å². The fourth-order valence-corrected chi connectivity index (χ4v) is 4.89. The van der Waals surface area contributed by atoms with Crippen LogP contribution in [0.5, 0.6) is 0 Å². The number of halogens is 1. The zero-order chi connectivity index (χ0) is 16.7. The van der Waals surface area contributed by atoms with Crippen molar-refractivity contribution in [3.63, 3.8) is 0 Å². The normalized spacial score (nSPS) is 26.8. The van der Waals surface area contributed by atoms with Crippen molar-refractivity contribution in [2.24, 2.45) is 11.8 Å². The molecule has 2 aromatic rings. The minimum atomic E-state index is -0.231. The fourth-order valence-electron chi connectivity index (χ4n) is 3.77. The molecule has 1 aliphatic heterocycles. The van der Waals surface area contributed by atoms with Crippen molar-refractivity contribution in [2.75, 3.05) is 11.5 Å². The predicted octanol–water partition coefficient (Wildman–Crippen LogP) is 4.91. The second-order valence-corrected chi connectivity index (χ2v) is 8.52. The van der Waals surface area contributed by atoms with Gasteiger partial charge in [0.25, 0.3) is 0 Å². The Hall–Kier alpha value is -1.36. The summed E-state index contributed by atoms with van der Waals surface area (Å²) in [5.41, 5.74) is 0.778. The number of thioether (sulfide) groups is 1. The van der Waals surface area contributed by atoms with Crippen LogP contribution in [0, 0.1) is 17.7 Å². The lowest BCUT2D eigenvalue weighted by Gasteiger charge is -2.23. The highest BCUT2D eigenvalue weighted by atomic mass is 32.2. The lowest BCUT2D eigenvalue weighted by Crippen LogP contribution is -2.19. The average molecular weight is 345 g/mol. The lowest BCUT2D eigenvalue weighted by atomic mass is 10.1. The summed E-state index contributed by atoms with van der Waals surface area (Å²) in [6, 6.07) is 7.06. The fraction of sp³-hybridized carbons (Fsp3) is 0.579. The van der Waals surface area contributed by atoms with Crippen LogP contribution in [-0.2, 0) is 0 Å². The summed E-state index contributed by atoms with van der Waals surface area (Å²) >= 11 is 2.00. The van der Waals surface area contributed by atoms with Gasteiger partial charge in [-0.05, 0) is 49.0 Å². The molecule has 0 radical (unpaired) electrons. The van der Waals surface area contributed by atoms with Gasteiger partial charge in [-0.25, -0.2) is 14.1 Å². The van der Waals surface area contributed by atoms with Gasteiger partial charge in [0, 0.05) is 17.2 Å². The molecule has 1 saturated carbocycles. The summed E-state index contributed by atoms with van der Waals surface area (Å²) in [4.78, 5) is 4.87. The number of hydrogen-bond donors (Lipinski definition) is 0. The van der Waals surface area contributed by atoms with Gasteiger partial charge in [-0.15, -0.1) is 0 Å². The molecule has 5 heteroatoms. The van der Waals surface area contributed by atoms with Crippen molar-refractivity contribution < 1.29 is 4.39 Å². The highest BCUT2D eigenvalue weighted by molar-refractivity contribution is 7.99. The maximum absolute atomic E-state index is 13.6. The minimum Gasteiger partial charge on any atom is -0.245 e. The summed E-state index contributed by atoms with van der Waals surface area (Å²) in [6.45, 7) is 4.57. The van der Waals surface area contributed by atoms with Crippen molar-refractivity contribution >= 4 is 11.8 Å². The molecular formula is C19H24FN3S. The molecule has 1 aromatic carbocycles. The molecule has 0 N–H and O–H groups in total. The summed E-state index contributed by atoms with van der Waals surface area (Å²) < 4.78 is 15.8. The van der Waals surface area contributed by atoms with Gasteiger partial charge in [-0.3, -0.25) is 0 Å². The predicted molar refractivity (Wildman–Crippen MR) is 96.7 cm³/mol. The summed E-state index contributed by atoms with van der Waals surface area (Å²) in [7, 11) is 0. The third-order valence-corrected chi connectivity index (χ3v) is 6.45. The summed E-state index contributed by atoms with van der Waals surface area (Å²) in [5, 5.41) is 4.83. The molecule has 1 saturated heterocycles. The first-order valence-corrected chi connectivity index (χ1v) is 10.1. The second-order valence-electron chi connectivity index (χ2n) is 7.37. The van der Waals surface area contributed by atoms with E-state index in [9.17, 15) is 4.39 Å². The third kappa shape index (κ3) is 3.10. The van der Waals surface area contributed by atoms with Gasteiger partial charge in [0.15, 0.2) is 5.82 Å². The van der Waals surface area contributed by atoms with Gasteiger partial charge < -0.3 is 0 Å². The third-order valence-electron chi connectivity index (χ3n) is 5.25. The van der Waals surface area contributed by atoms with E-state index in [2.05, 4.69) is 18.5 Å². The van der Waals surface area contributed by atoms with Crippen molar-refractivity contribution in [3.8, 4) is 11.4 Å². The van der Waals surface area contributed by atoms with Gasteiger partial charge in [-0.1, -0.05) is 26.0 Å². The van der Waals surface area contributed by atoms with E-state index in [0.29, 0.717) is 29.6 Å². The largest absolute Gasteiger partial charge is 0.245 e. The second kappa shape index (κ2) is 6.51. The van der Waals surface area contributed by atoms with Crippen LogP contribution in [-0.4, -0.2) is 26.3 Å². The van der Waals surface area contributed by atoms with Crippen molar-refractivity contribution in [1.29, 1.82) is 0 Å². The number of benzene rings is 1. The van der Waals surface area contributed by atoms with Crippen LogP contribution < -0.4 is 0 Å². The molecule has 4 rings (SSSR count). The van der Waals surface area contributed by atoms with Gasteiger partial charge in [-0.2, -0.15) is 16.9 Å². The molecule has 128 valence electrons. The van der Waals surface area contributed by atoms with E-state index in [1.165, 1.54) is 37.1 Å². The van der Waals surface area contributed by atoms with Crippen LogP contribution in [0.3, 0.4) is 0 Å². The van der Waals surface area contributed by atoms with E-state index in [1.807, 2.05) is 17.8 Å². The average Bonchev–Trinajstić information content (AvgIpc) is 3.27. The number of hydrogen-bond acceptors (Lipinski definition) is 3. The van der Waals surface area contributed by atoms with Crippen LogP contribution in [0.15, 0.2) is 24.3 Å². The molecule has 2 aliphatic rings. The van der Waals surface area contributed by atoms with Gasteiger partial charge >= 0.3 is 0 Å². The van der Waals surface area contributed by atoms with E-state index in [-0.39, 0.29) is 5.82 Å². The van der Waals surface area contributed by atoms with E-state index in [4.69, 9.17) is 10.1 Å². The zero-order valence-electron chi connectivity index (χ0n) is 14.3. The monoisotopic (exact) mass is 345 g/mol. The lowest BCUT2D eigenvalue weighted by molar-refractivity contribution is 0.430. The van der Waals surface area contributed by atoms with Crippen LogP contribution in [0.25, 0.3) is 11.4 Å². The van der Waals surface area contributed by atoms with Crippen LogP contribution in [0.2, 0.25) is 0 Å². The highest BCUT2D eigenvalue weighted by Crippen LogP contribution is 2.52. The van der Waals surface area contributed by atoms with Crippen LogP contribution in [0.4, 0.5) is 4.39 Å². The van der Waals surface area contributed by atoms with Gasteiger partial charge in [0.1, 0.15) is 11.6 Å². The molecule has 0 bridgehead atoms. The first-order valence-electron chi connectivity index (χ1n) is 8.93. The molecule has 1 aromatic heterocycles. The van der Waals surface area contributed by atoms with Gasteiger partial charge in [0.05, 0.1) is 6.04 Å². The topological polar surface area (TPSA) is 30.7 Å². The minimum absolute atomic E-state index is 0.231. The van der Waals surface area contributed by atoms with Crippen molar-refractivity contribution in [2.45, 2.75) is 45.1 Å². The number of rotatable bonds is 4. The van der Waals surface area contributed by atoms with Crippen molar-refractivity contribution in [1.82, 2.24) is 14.8 Å². The molecule has 2 heterocycles. The first-order chi connectivity index (χ1) is 11.6. The molecular weight excluding hydrogens is 321 g/mol. The molecule has 1 aliphatic carbocycles. The Morgan fingerprint density at radius 3 is 2.88 bits per heavy atom. The van der Waals surface area contributed by atoms with Gasteiger partial charge in [0.2, 0.25) is 0 Å². The Balaban J connectivity index is 1.70. The Morgan fingerprint density at radius 1 is 1.33 bits per heavy atom. The molecule has 3 nitrogen and oxygen atoms in total. The molecule has 0 spiro atoms. The maximum atomic E-state index is 13.6. The Morgan fingerprint density at radius 2 is 2.21 bits per heavy atom. The molecule has 2 fully saturated rings. The quantitative estimate of drug-likeness (QED) is 0.789. The molecule has 0 amide bonds. The number of aromatic nitrogens is 3. The van der Waals surface area contributed by atoms with Crippen LogP contribution in [0.1, 0.15) is 50.9 Å².